The van der Waals surface area contributed by atoms with E-state index < -0.39 is 5.91 Å². The predicted molar refractivity (Wildman–Crippen MR) is 119 cm³/mol. The highest BCUT2D eigenvalue weighted by molar-refractivity contribution is 6.11. The molecular formula is C22H25N7O3. The van der Waals surface area contributed by atoms with Crippen LogP contribution in [-0.2, 0) is 0 Å². The quantitative estimate of drug-likeness (QED) is 0.496. The van der Waals surface area contributed by atoms with E-state index in [2.05, 4.69) is 35.7 Å². The van der Waals surface area contributed by atoms with E-state index in [1.54, 1.807) is 24.3 Å². The van der Waals surface area contributed by atoms with E-state index >= 15 is 0 Å². The van der Waals surface area contributed by atoms with Gasteiger partial charge in [0, 0.05) is 24.5 Å². The number of hydrogen-bond acceptors (Lipinski definition) is 7. The maximum Gasteiger partial charge on any atom is 0.275 e. The molecule has 166 valence electrons. The van der Waals surface area contributed by atoms with Crippen LogP contribution in [0.1, 0.15) is 39.4 Å². The Bertz CT molecular complexity index is 1060. The van der Waals surface area contributed by atoms with Crippen molar-refractivity contribution >= 4 is 23.2 Å². The lowest BCUT2D eigenvalue weighted by Gasteiger charge is -2.14. The van der Waals surface area contributed by atoms with Crippen molar-refractivity contribution in [1.29, 1.82) is 0 Å². The maximum atomic E-state index is 12.7. The minimum absolute atomic E-state index is 0.129. The van der Waals surface area contributed by atoms with Gasteiger partial charge in [0.15, 0.2) is 0 Å². The summed E-state index contributed by atoms with van der Waals surface area (Å²) >= 11 is 0. The fourth-order valence-electron chi connectivity index (χ4n) is 3.37. The second-order valence-corrected chi connectivity index (χ2v) is 7.54. The number of carbonyl (C=O) groups excluding carboxylic acids is 2. The topological polar surface area (TPSA) is 125 Å². The zero-order valence-electron chi connectivity index (χ0n) is 17.8. The van der Waals surface area contributed by atoms with Crippen molar-refractivity contribution in [2.75, 3.05) is 36.9 Å². The van der Waals surface area contributed by atoms with Crippen molar-refractivity contribution in [3.8, 4) is 5.88 Å². The first-order valence-electron chi connectivity index (χ1n) is 10.5. The van der Waals surface area contributed by atoms with Crippen LogP contribution >= 0.6 is 0 Å². The Morgan fingerprint density at radius 2 is 1.88 bits per heavy atom. The summed E-state index contributed by atoms with van der Waals surface area (Å²) in [7, 11) is 0. The first kappa shape index (κ1) is 21.4. The lowest BCUT2D eigenvalue weighted by atomic mass is 10.2. The van der Waals surface area contributed by atoms with E-state index in [9.17, 15) is 9.59 Å². The van der Waals surface area contributed by atoms with E-state index in [-0.39, 0.29) is 17.3 Å². The van der Waals surface area contributed by atoms with Crippen molar-refractivity contribution in [3.05, 3.63) is 59.8 Å². The molecule has 3 aromatic rings. The Kier molecular flexibility index (Phi) is 6.71. The molecule has 1 fully saturated rings. The van der Waals surface area contributed by atoms with Gasteiger partial charge in [0.2, 0.25) is 5.88 Å². The van der Waals surface area contributed by atoms with Gasteiger partial charge in [-0.05, 0) is 51.1 Å². The van der Waals surface area contributed by atoms with Gasteiger partial charge in [0.25, 0.3) is 11.8 Å². The number of aromatic amines is 1. The maximum absolute atomic E-state index is 12.7. The summed E-state index contributed by atoms with van der Waals surface area (Å²) in [5.74, 6) is -0.335. The van der Waals surface area contributed by atoms with Gasteiger partial charge in [0.05, 0.1) is 29.3 Å². The third-order valence-corrected chi connectivity index (χ3v) is 5.14. The van der Waals surface area contributed by atoms with Crippen molar-refractivity contribution in [2.45, 2.75) is 19.8 Å². The van der Waals surface area contributed by atoms with Crippen molar-refractivity contribution < 1.29 is 14.3 Å². The third kappa shape index (κ3) is 5.46. The Morgan fingerprint density at radius 1 is 1.03 bits per heavy atom. The average Bonchev–Trinajstić information content (AvgIpc) is 3.48. The Hall–Kier alpha value is -3.79. The van der Waals surface area contributed by atoms with Crippen LogP contribution in [0.2, 0.25) is 0 Å². The van der Waals surface area contributed by atoms with Gasteiger partial charge in [0.1, 0.15) is 12.3 Å². The van der Waals surface area contributed by atoms with Crippen LogP contribution in [-0.4, -0.2) is 63.1 Å². The number of likely N-dealkylation sites (tertiary alicyclic amines) is 1. The summed E-state index contributed by atoms with van der Waals surface area (Å²) in [6.45, 7) is 5.54. The fourth-order valence-corrected chi connectivity index (χ4v) is 3.37. The summed E-state index contributed by atoms with van der Waals surface area (Å²) in [5, 5.41) is 11.9. The van der Waals surface area contributed by atoms with Gasteiger partial charge < -0.3 is 15.4 Å². The number of rotatable bonds is 8. The Balaban J connectivity index is 1.31. The number of amides is 2. The summed E-state index contributed by atoms with van der Waals surface area (Å²) in [4.78, 5) is 35.8. The summed E-state index contributed by atoms with van der Waals surface area (Å²) in [6, 6.07) is 6.82. The molecule has 4 heterocycles. The van der Waals surface area contributed by atoms with Crippen LogP contribution in [0.3, 0.4) is 0 Å². The number of hydrogen-bond donors (Lipinski definition) is 3. The van der Waals surface area contributed by atoms with Crippen molar-refractivity contribution in [3.63, 3.8) is 0 Å². The molecule has 0 saturated carbocycles. The number of nitrogens with one attached hydrogen (secondary N) is 3. The van der Waals surface area contributed by atoms with E-state index in [0.717, 1.165) is 25.3 Å². The van der Waals surface area contributed by atoms with E-state index in [1.165, 1.54) is 31.4 Å². The van der Waals surface area contributed by atoms with Gasteiger partial charge >= 0.3 is 0 Å². The molecular weight excluding hydrogens is 410 g/mol. The number of anilines is 2. The number of pyridine rings is 2. The Labute approximate surface area is 185 Å². The van der Waals surface area contributed by atoms with Crippen LogP contribution in [0.25, 0.3) is 0 Å². The molecule has 1 aliphatic heterocycles. The Morgan fingerprint density at radius 3 is 2.59 bits per heavy atom. The predicted octanol–water partition coefficient (Wildman–Crippen LogP) is 2.49. The number of aryl methyl sites for hydroxylation is 1. The second kappa shape index (κ2) is 10.0. The standard InChI is InChI=1S/C22H25N7O3/c1-15-4-5-16(12-23-15)21(30)27-18-14-25-28-20(18)22(31)26-17-6-7-19(24-13-17)32-11-10-29-8-2-3-9-29/h4-7,12-14H,2-3,8-11H2,1H3,(H,25,28)(H,26,31)(H,27,30). The van der Waals surface area contributed by atoms with Gasteiger partial charge in [-0.3, -0.25) is 24.6 Å². The molecule has 4 rings (SSSR count). The van der Waals surface area contributed by atoms with E-state index in [4.69, 9.17) is 4.74 Å². The van der Waals surface area contributed by atoms with Gasteiger partial charge in [-0.1, -0.05) is 0 Å². The lowest BCUT2D eigenvalue weighted by Crippen LogP contribution is -2.25. The SMILES string of the molecule is Cc1ccc(C(=O)Nc2cn[nH]c2C(=O)Nc2ccc(OCCN3CCCC3)nc2)cn1. The largest absolute Gasteiger partial charge is 0.476 e. The van der Waals surface area contributed by atoms with Crippen LogP contribution < -0.4 is 15.4 Å². The zero-order chi connectivity index (χ0) is 22.3. The number of ether oxygens (including phenoxy) is 1. The van der Waals surface area contributed by atoms with Gasteiger partial charge in [-0.15, -0.1) is 0 Å². The third-order valence-electron chi connectivity index (χ3n) is 5.14. The molecule has 1 saturated heterocycles. The fraction of sp³-hybridized carbons (Fsp3) is 0.318. The van der Waals surface area contributed by atoms with Crippen LogP contribution in [0, 0.1) is 6.92 Å². The molecule has 32 heavy (non-hydrogen) atoms. The number of aromatic nitrogens is 4. The van der Waals surface area contributed by atoms with Crippen molar-refractivity contribution in [2.24, 2.45) is 0 Å². The highest BCUT2D eigenvalue weighted by Gasteiger charge is 2.17. The molecule has 3 N–H and O–H groups in total. The number of H-pyrrole nitrogens is 1. The molecule has 0 aliphatic carbocycles. The van der Waals surface area contributed by atoms with E-state index in [0.29, 0.717) is 23.7 Å². The number of nitrogens with zero attached hydrogens (tertiary/aromatic N) is 4. The smallest absolute Gasteiger partial charge is 0.275 e. The molecule has 0 unspecified atom stereocenters. The molecule has 0 radical (unpaired) electrons. The van der Waals surface area contributed by atoms with Crippen molar-refractivity contribution in [1.82, 2.24) is 25.1 Å². The van der Waals surface area contributed by atoms with Crippen LogP contribution in [0.5, 0.6) is 5.88 Å². The second-order valence-electron chi connectivity index (χ2n) is 7.54. The highest BCUT2D eigenvalue weighted by Crippen LogP contribution is 2.17. The summed E-state index contributed by atoms with van der Waals surface area (Å²) in [5.41, 5.74) is 2.08. The van der Waals surface area contributed by atoms with Gasteiger partial charge in [-0.2, -0.15) is 5.10 Å². The monoisotopic (exact) mass is 435 g/mol. The molecule has 10 nitrogen and oxygen atoms in total. The molecule has 0 bridgehead atoms. The molecule has 10 heteroatoms. The molecule has 0 aromatic carbocycles. The van der Waals surface area contributed by atoms with E-state index in [1.807, 2.05) is 6.92 Å². The normalized spacial score (nSPS) is 13.7. The lowest BCUT2D eigenvalue weighted by molar-refractivity contribution is 0.102. The van der Waals surface area contributed by atoms with Crippen LogP contribution in [0.4, 0.5) is 11.4 Å². The minimum Gasteiger partial charge on any atom is -0.476 e. The zero-order valence-corrected chi connectivity index (χ0v) is 17.8. The molecule has 3 aromatic heterocycles. The molecule has 0 spiro atoms. The first-order valence-corrected chi connectivity index (χ1v) is 10.5. The first-order chi connectivity index (χ1) is 15.6. The summed E-state index contributed by atoms with van der Waals surface area (Å²) < 4.78 is 5.68. The number of carbonyl (C=O) groups is 2. The van der Waals surface area contributed by atoms with Crippen LogP contribution in [0.15, 0.2) is 42.9 Å². The molecule has 1 aliphatic rings. The average molecular weight is 435 g/mol. The van der Waals surface area contributed by atoms with Gasteiger partial charge in [-0.25, -0.2) is 4.98 Å². The highest BCUT2D eigenvalue weighted by atomic mass is 16.5. The minimum atomic E-state index is -0.454. The molecule has 0 atom stereocenters. The summed E-state index contributed by atoms with van der Waals surface area (Å²) in [6.07, 6.45) is 6.87. The molecule has 2 amide bonds.